The molecule has 2 saturated heterocycles. The van der Waals surface area contributed by atoms with E-state index >= 15 is 0 Å². The van der Waals surface area contributed by atoms with Crippen LogP contribution in [0.2, 0.25) is 0 Å². The molecular weight excluding hydrogens is 873 g/mol. The average Bonchev–Trinajstić information content (AvgIpc) is 4.09. The van der Waals surface area contributed by atoms with E-state index in [9.17, 15) is 50.4 Å². The number of aliphatic hydroxyl groups excluding tert-OH is 7. The lowest BCUT2D eigenvalue weighted by atomic mass is 9.31. The van der Waals surface area contributed by atoms with Gasteiger partial charge in [-0.1, -0.05) is 59.1 Å². The minimum absolute atomic E-state index is 0.0195. The zero-order chi connectivity index (χ0) is 49.0. The second kappa shape index (κ2) is 17.9. The average molecular weight is 955 g/mol. The van der Waals surface area contributed by atoms with Gasteiger partial charge in [0, 0.05) is 35.9 Å². The van der Waals surface area contributed by atoms with E-state index in [1.165, 1.54) is 5.57 Å². The van der Waals surface area contributed by atoms with Crippen LogP contribution in [0.15, 0.2) is 24.2 Å². The largest absolute Gasteiger partial charge is 0.481 e. The molecular formula is C52H82N4O12. The number of ether oxygens (including phenoxy) is 2. The van der Waals surface area contributed by atoms with E-state index in [4.69, 9.17) is 15.2 Å². The van der Waals surface area contributed by atoms with Gasteiger partial charge < -0.3 is 66.4 Å². The van der Waals surface area contributed by atoms with Gasteiger partial charge in [-0.3, -0.25) is 9.59 Å². The minimum atomic E-state index is -1.68. The Labute approximate surface area is 401 Å². The van der Waals surface area contributed by atoms with E-state index in [1.807, 2.05) is 13.1 Å². The maximum atomic E-state index is 14.8. The van der Waals surface area contributed by atoms with Crippen molar-refractivity contribution in [3.63, 3.8) is 0 Å². The molecule has 7 fully saturated rings. The van der Waals surface area contributed by atoms with Crippen LogP contribution in [0.1, 0.15) is 143 Å². The van der Waals surface area contributed by atoms with Crippen molar-refractivity contribution in [3.8, 4) is 0 Å². The number of fused-ring (bicyclic) bond motifs is 7. The molecule has 0 radical (unpaired) electrons. The number of carboxylic acid groups (broad SMARTS) is 1. The third-order valence-electron chi connectivity index (χ3n) is 22.0. The second-order valence-electron chi connectivity index (χ2n) is 24.6. The summed E-state index contributed by atoms with van der Waals surface area (Å²) in [5.74, 6) is -2.54. The number of amides is 1. The molecule has 20 atom stereocenters. The monoisotopic (exact) mass is 955 g/mol. The van der Waals surface area contributed by atoms with E-state index in [-0.39, 0.29) is 48.8 Å². The highest BCUT2D eigenvalue weighted by Gasteiger charge is 2.75. The Hall–Kier alpha value is -2.51. The van der Waals surface area contributed by atoms with E-state index < -0.39 is 105 Å². The first-order valence-corrected chi connectivity index (χ1v) is 26.0. The van der Waals surface area contributed by atoms with Crippen LogP contribution >= 0.6 is 0 Å². The Balaban J connectivity index is 1.21. The zero-order valence-corrected chi connectivity index (χ0v) is 41.0. The summed E-state index contributed by atoms with van der Waals surface area (Å²) >= 11 is 0. The van der Waals surface area contributed by atoms with Crippen LogP contribution in [0.25, 0.3) is 0 Å². The van der Waals surface area contributed by atoms with Crippen LogP contribution < -0.4 is 11.1 Å². The van der Waals surface area contributed by atoms with Crippen molar-refractivity contribution in [2.24, 2.45) is 73.2 Å². The Morgan fingerprint density at radius 2 is 1.68 bits per heavy atom. The van der Waals surface area contributed by atoms with Crippen molar-refractivity contribution in [2.75, 3.05) is 26.4 Å². The number of aliphatic hydroxyl groups is 7. The molecule has 16 heteroatoms. The standard InChI is InChI=1S/C52H82N4O12/c1-46(26-58)16-18-52(45(65)66)19-17-47(2)29(32(52)22-46)10-11-35-48(47,3)15-12-36-49(35,4)31(39(61)42(50(36,5)37(60)24-57)68-43-41(63)40(62)34(59)25-67-43)21-30-38(56-44(64)51(30)13-6-7-14-51)28(9-8-20-53)33-23-54-27-55-33/h10,23,27-28,30-32,34-43,57-63H,6-9,11-22,24-26,53H2,1-5H3,(H,54,55)(H,56,64)(H,65,66). The highest BCUT2D eigenvalue weighted by Crippen LogP contribution is 2.78. The van der Waals surface area contributed by atoms with Crippen molar-refractivity contribution in [3.05, 3.63) is 29.9 Å². The Kier molecular flexibility index (Phi) is 13.3. The van der Waals surface area contributed by atoms with Crippen LogP contribution in [-0.2, 0) is 19.1 Å². The fraction of sp³-hybridized carbons (Fsp3) is 0.865. The van der Waals surface area contributed by atoms with Gasteiger partial charge in [-0.2, -0.15) is 0 Å². The summed E-state index contributed by atoms with van der Waals surface area (Å²) in [5.41, 5.74) is 3.13. The summed E-state index contributed by atoms with van der Waals surface area (Å²) in [6, 6.07) is -0.335. The first-order valence-electron chi connectivity index (χ1n) is 26.0. The SMILES string of the molecule is CC1(CO)CCC2(C(=O)O)CCC3(C)C(=CCC4C5(C)C(CC6C(C(CCCN)c7cnc[nH]7)NC(=O)C67CCCC7)C(O)C(OC6OCC(O)C(O)C6O)C(C)(C(O)CO)C5CCC43C)C2C1. The number of aromatic amines is 1. The lowest BCUT2D eigenvalue weighted by Crippen LogP contribution is -2.74. The summed E-state index contributed by atoms with van der Waals surface area (Å²) in [5, 5.41) is 94.9. The third-order valence-corrected chi connectivity index (χ3v) is 22.0. The number of imidazole rings is 1. The smallest absolute Gasteiger partial charge is 0.310 e. The summed E-state index contributed by atoms with van der Waals surface area (Å²) in [6.07, 6.45) is 5.42. The maximum Gasteiger partial charge on any atom is 0.310 e. The van der Waals surface area contributed by atoms with Crippen molar-refractivity contribution in [2.45, 2.75) is 186 Å². The van der Waals surface area contributed by atoms with Crippen molar-refractivity contribution < 1.29 is 59.9 Å². The number of nitrogens with zero attached hydrogens (tertiary/aromatic N) is 1. The normalized spacial score (nSPS) is 48.4. The molecule has 9 rings (SSSR count). The van der Waals surface area contributed by atoms with Crippen molar-refractivity contribution >= 4 is 11.9 Å². The molecule has 6 aliphatic carbocycles. The number of nitrogens with two attached hydrogens (primary N) is 1. The van der Waals surface area contributed by atoms with Gasteiger partial charge in [-0.15, -0.1) is 0 Å². The van der Waals surface area contributed by atoms with E-state index in [2.05, 4.69) is 49.1 Å². The fourth-order valence-electron chi connectivity index (χ4n) is 17.8. The number of H-pyrrole nitrogens is 1. The number of aliphatic carboxylic acids is 1. The molecule has 20 unspecified atom stereocenters. The molecule has 0 bridgehead atoms. The van der Waals surface area contributed by atoms with E-state index in [0.29, 0.717) is 90.0 Å². The molecule has 2 aliphatic heterocycles. The summed E-state index contributed by atoms with van der Waals surface area (Å²) in [7, 11) is 0. The number of hydrogen-bond donors (Lipinski definition) is 11. The minimum Gasteiger partial charge on any atom is -0.481 e. The quantitative estimate of drug-likeness (QED) is 0.0998. The molecule has 12 N–H and O–H groups in total. The predicted octanol–water partition coefficient (Wildman–Crippen LogP) is 3.51. The molecule has 1 amide bonds. The van der Waals surface area contributed by atoms with Gasteiger partial charge >= 0.3 is 5.97 Å². The predicted molar refractivity (Wildman–Crippen MR) is 249 cm³/mol. The Morgan fingerprint density at radius 1 is 0.956 bits per heavy atom. The molecule has 5 saturated carbocycles. The van der Waals surface area contributed by atoms with Crippen LogP contribution in [0, 0.1) is 67.5 Å². The third kappa shape index (κ3) is 7.13. The number of carbonyl (C=O) groups is 2. The number of nitrogens with one attached hydrogen (secondary N) is 2. The van der Waals surface area contributed by atoms with Crippen LogP contribution in [-0.4, -0.2) is 138 Å². The lowest BCUT2D eigenvalue weighted by Gasteiger charge is -2.74. The molecule has 0 aromatic carbocycles. The molecule has 16 nitrogen and oxygen atoms in total. The van der Waals surface area contributed by atoms with Crippen LogP contribution in [0.5, 0.6) is 0 Å². The van der Waals surface area contributed by atoms with Gasteiger partial charge in [0.15, 0.2) is 6.29 Å². The number of hydrogen-bond acceptors (Lipinski definition) is 13. The van der Waals surface area contributed by atoms with Crippen molar-refractivity contribution in [1.82, 2.24) is 15.3 Å². The highest BCUT2D eigenvalue weighted by molar-refractivity contribution is 5.86. The molecule has 8 aliphatic rings. The van der Waals surface area contributed by atoms with Gasteiger partial charge in [-0.05, 0) is 141 Å². The first-order chi connectivity index (χ1) is 32.2. The van der Waals surface area contributed by atoms with E-state index in [0.717, 1.165) is 18.5 Å². The molecule has 3 heterocycles. The molecule has 1 aromatic rings. The molecule has 1 aromatic heterocycles. The number of carboxylic acids is 1. The zero-order valence-electron chi connectivity index (χ0n) is 41.0. The van der Waals surface area contributed by atoms with Gasteiger partial charge in [0.1, 0.15) is 18.3 Å². The van der Waals surface area contributed by atoms with Crippen LogP contribution in [0.3, 0.4) is 0 Å². The summed E-state index contributed by atoms with van der Waals surface area (Å²) in [6.45, 7) is 10.4. The molecule has 68 heavy (non-hydrogen) atoms. The van der Waals surface area contributed by atoms with Gasteiger partial charge in [0.2, 0.25) is 5.91 Å². The second-order valence-corrected chi connectivity index (χ2v) is 24.6. The molecule has 382 valence electrons. The Morgan fingerprint density at radius 3 is 2.32 bits per heavy atom. The molecule has 1 spiro atoms. The van der Waals surface area contributed by atoms with E-state index in [1.54, 1.807) is 6.33 Å². The lowest BCUT2D eigenvalue weighted by molar-refractivity contribution is -0.348. The topological polar surface area (TPSA) is 281 Å². The number of rotatable bonds is 13. The number of aromatic nitrogens is 2. The number of allylic oxidation sites excluding steroid dienone is 2. The van der Waals surface area contributed by atoms with Crippen LogP contribution in [0.4, 0.5) is 0 Å². The van der Waals surface area contributed by atoms with Gasteiger partial charge in [0.25, 0.3) is 0 Å². The summed E-state index contributed by atoms with van der Waals surface area (Å²) < 4.78 is 12.6. The van der Waals surface area contributed by atoms with Gasteiger partial charge in [-0.25, -0.2) is 4.98 Å². The Bertz CT molecular complexity index is 2050. The highest BCUT2D eigenvalue weighted by atomic mass is 16.7. The maximum absolute atomic E-state index is 14.8. The first kappa shape index (κ1) is 50.4. The number of carbonyl (C=O) groups excluding carboxylic acids is 1. The van der Waals surface area contributed by atoms with Gasteiger partial charge in [0.05, 0.1) is 48.7 Å². The van der Waals surface area contributed by atoms with Crippen molar-refractivity contribution in [1.29, 1.82) is 0 Å². The summed E-state index contributed by atoms with van der Waals surface area (Å²) in [4.78, 5) is 36.0. The fourth-order valence-corrected chi connectivity index (χ4v) is 17.8.